The molecule has 0 aromatic carbocycles. The van der Waals surface area contributed by atoms with E-state index in [1.54, 1.807) is 0 Å². The summed E-state index contributed by atoms with van der Waals surface area (Å²) >= 11 is 0. The van der Waals surface area contributed by atoms with Crippen LogP contribution < -0.4 is 5.32 Å². The summed E-state index contributed by atoms with van der Waals surface area (Å²) in [5.74, 6) is 1.98. The van der Waals surface area contributed by atoms with Crippen molar-refractivity contribution in [2.24, 2.45) is 11.8 Å². The number of nitrogens with one attached hydrogen (secondary N) is 1. The van der Waals surface area contributed by atoms with Crippen molar-refractivity contribution < 1.29 is 0 Å². The minimum atomic E-state index is 0.883. The summed E-state index contributed by atoms with van der Waals surface area (Å²) in [5.41, 5.74) is 0. The molecule has 2 fully saturated rings. The highest BCUT2D eigenvalue weighted by atomic mass is 15.0. The SMILES string of the molecule is C[C@@H]1CCC[C@H]2CCN[C@H]21. The highest BCUT2D eigenvalue weighted by Gasteiger charge is 2.33. The molecular formula is C9H17N. The smallest absolute Gasteiger partial charge is 0.0121 e. The molecular weight excluding hydrogens is 122 g/mol. The van der Waals surface area contributed by atoms with Gasteiger partial charge in [0.1, 0.15) is 0 Å². The molecule has 0 spiro atoms. The van der Waals surface area contributed by atoms with Crippen molar-refractivity contribution in [2.45, 2.75) is 38.6 Å². The van der Waals surface area contributed by atoms with E-state index in [-0.39, 0.29) is 0 Å². The predicted molar refractivity (Wildman–Crippen MR) is 42.9 cm³/mol. The van der Waals surface area contributed by atoms with E-state index in [2.05, 4.69) is 12.2 Å². The molecule has 1 aliphatic carbocycles. The first kappa shape index (κ1) is 6.66. The van der Waals surface area contributed by atoms with E-state index >= 15 is 0 Å². The van der Waals surface area contributed by atoms with Crippen LogP contribution in [-0.4, -0.2) is 12.6 Å². The maximum atomic E-state index is 3.61. The second-order valence-electron chi connectivity index (χ2n) is 3.94. The molecule has 58 valence electrons. The molecule has 3 atom stereocenters. The minimum absolute atomic E-state index is 0.883. The number of rotatable bonds is 0. The van der Waals surface area contributed by atoms with E-state index in [4.69, 9.17) is 0 Å². The lowest BCUT2D eigenvalue weighted by Gasteiger charge is -2.30. The third-order valence-corrected chi connectivity index (χ3v) is 3.25. The predicted octanol–water partition coefficient (Wildman–Crippen LogP) is 1.78. The molecule has 1 heteroatoms. The van der Waals surface area contributed by atoms with E-state index < -0.39 is 0 Å². The zero-order chi connectivity index (χ0) is 6.97. The molecule has 10 heavy (non-hydrogen) atoms. The van der Waals surface area contributed by atoms with Crippen molar-refractivity contribution in [1.29, 1.82) is 0 Å². The summed E-state index contributed by atoms with van der Waals surface area (Å²) < 4.78 is 0. The van der Waals surface area contributed by atoms with Gasteiger partial charge in [-0.15, -0.1) is 0 Å². The first-order valence-corrected chi connectivity index (χ1v) is 4.61. The van der Waals surface area contributed by atoms with Gasteiger partial charge in [0.2, 0.25) is 0 Å². The van der Waals surface area contributed by atoms with Crippen molar-refractivity contribution in [3.63, 3.8) is 0 Å². The van der Waals surface area contributed by atoms with Gasteiger partial charge >= 0.3 is 0 Å². The Balaban J connectivity index is 2.03. The third kappa shape index (κ3) is 0.968. The van der Waals surface area contributed by atoms with Crippen LogP contribution in [0.5, 0.6) is 0 Å². The van der Waals surface area contributed by atoms with Crippen molar-refractivity contribution in [3.05, 3.63) is 0 Å². The quantitative estimate of drug-likeness (QED) is 0.539. The third-order valence-electron chi connectivity index (χ3n) is 3.25. The lowest BCUT2D eigenvalue weighted by Crippen LogP contribution is -2.36. The largest absolute Gasteiger partial charge is 0.313 e. The Morgan fingerprint density at radius 2 is 2.10 bits per heavy atom. The zero-order valence-electron chi connectivity index (χ0n) is 6.77. The van der Waals surface area contributed by atoms with Crippen LogP contribution in [0.1, 0.15) is 32.6 Å². The number of hydrogen-bond donors (Lipinski definition) is 1. The molecule has 0 aromatic heterocycles. The molecule has 1 N–H and O–H groups in total. The minimum Gasteiger partial charge on any atom is -0.313 e. The van der Waals surface area contributed by atoms with Crippen molar-refractivity contribution in [2.75, 3.05) is 6.54 Å². The van der Waals surface area contributed by atoms with Crippen LogP contribution in [-0.2, 0) is 0 Å². The van der Waals surface area contributed by atoms with Gasteiger partial charge in [-0.1, -0.05) is 13.3 Å². The molecule has 0 bridgehead atoms. The van der Waals surface area contributed by atoms with E-state index in [1.807, 2.05) is 0 Å². The fraction of sp³-hybridized carbons (Fsp3) is 1.00. The molecule has 1 aliphatic heterocycles. The van der Waals surface area contributed by atoms with Crippen molar-refractivity contribution in [1.82, 2.24) is 5.32 Å². The average Bonchev–Trinajstić information content (AvgIpc) is 2.36. The second kappa shape index (κ2) is 2.54. The van der Waals surface area contributed by atoms with E-state index in [0.717, 1.165) is 17.9 Å². The van der Waals surface area contributed by atoms with Gasteiger partial charge in [-0.05, 0) is 37.6 Å². The lowest BCUT2D eigenvalue weighted by molar-refractivity contribution is 0.245. The van der Waals surface area contributed by atoms with Gasteiger partial charge in [0.05, 0.1) is 0 Å². The Morgan fingerprint density at radius 1 is 1.20 bits per heavy atom. The first-order valence-electron chi connectivity index (χ1n) is 4.61. The highest BCUT2D eigenvalue weighted by molar-refractivity contribution is 4.90. The van der Waals surface area contributed by atoms with Crippen molar-refractivity contribution in [3.8, 4) is 0 Å². The zero-order valence-corrected chi connectivity index (χ0v) is 6.77. The molecule has 1 saturated carbocycles. The van der Waals surface area contributed by atoms with Gasteiger partial charge in [-0.3, -0.25) is 0 Å². The Labute approximate surface area is 63.2 Å². The summed E-state index contributed by atoms with van der Waals surface area (Å²) in [7, 11) is 0. The van der Waals surface area contributed by atoms with Gasteiger partial charge in [-0.25, -0.2) is 0 Å². The Kier molecular flexibility index (Phi) is 1.69. The Bertz CT molecular complexity index is 122. The van der Waals surface area contributed by atoms with Gasteiger partial charge in [0, 0.05) is 6.04 Å². The normalized spacial score (nSPS) is 47.1. The highest BCUT2D eigenvalue weighted by Crippen LogP contribution is 2.33. The molecule has 1 saturated heterocycles. The average molecular weight is 139 g/mol. The number of fused-ring (bicyclic) bond motifs is 1. The van der Waals surface area contributed by atoms with Crippen LogP contribution in [0.3, 0.4) is 0 Å². The molecule has 0 unspecified atom stereocenters. The van der Waals surface area contributed by atoms with E-state index in [1.165, 1.54) is 32.2 Å². The Morgan fingerprint density at radius 3 is 2.90 bits per heavy atom. The van der Waals surface area contributed by atoms with Crippen LogP contribution in [0.4, 0.5) is 0 Å². The van der Waals surface area contributed by atoms with E-state index in [9.17, 15) is 0 Å². The lowest BCUT2D eigenvalue weighted by atomic mass is 9.79. The summed E-state index contributed by atoms with van der Waals surface area (Å²) in [5, 5.41) is 3.61. The van der Waals surface area contributed by atoms with Gasteiger partial charge in [0.25, 0.3) is 0 Å². The van der Waals surface area contributed by atoms with Gasteiger partial charge in [0.15, 0.2) is 0 Å². The molecule has 1 heterocycles. The first-order chi connectivity index (χ1) is 4.88. The van der Waals surface area contributed by atoms with Crippen LogP contribution in [0.25, 0.3) is 0 Å². The van der Waals surface area contributed by atoms with Gasteiger partial charge < -0.3 is 5.32 Å². The van der Waals surface area contributed by atoms with Crippen LogP contribution >= 0.6 is 0 Å². The van der Waals surface area contributed by atoms with Gasteiger partial charge in [-0.2, -0.15) is 0 Å². The van der Waals surface area contributed by atoms with Crippen LogP contribution in [0.2, 0.25) is 0 Å². The molecule has 0 amide bonds. The van der Waals surface area contributed by atoms with E-state index in [0.29, 0.717) is 0 Å². The summed E-state index contributed by atoms with van der Waals surface area (Å²) in [4.78, 5) is 0. The number of hydrogen-bond acceptors (Lipinski definition) is 1. The molecule has 0 aromatic rings. The summed E-state index contributed by atoms with van der Waals surface area (Å²) in [6.45, 7) is 3.68. The molecule has 0 radical (unpaired) electrons. The monoisotopic (exact) mass is 139 g/mol. The molecule has 2 aliphatic rings. The summed E-state index contributed by atoms with van der Waals surface area (Å²) in [6, 6.07) is 0.883. The van der Waals surface area contributed by atoms with Crippen LogP contribution in [0.15, 0.2) is 0 Å². The summed E-state index contributed by atoms with van der Waals surface area (Å²) in [6.07, 6.45) is 5.86. The Hall–Kier alpha value is -0.0400. The fourth-order valence-electron chi connectivity index (χ4n) is 2.65. The molecule has 1 nitrogen and oxygen atoms in total. The maximum Gasteiger partial charge on any atom is 0.0121 e. The van der Waals surface area contributed by atoms with Crippen LogP contribution in [0, 0.1) is 11.8 Å². The molecule has 2 rings (SSSR count). The van der Waals surface area contributed by atoms with Crippen molar-refractivity contribution >= 4 is 0 Å². The maximum absolute atomic E-state index is 3.61. The standard InChI is InChI=1S/C9H17N/c1-7-3-2-4-8-5-6-10-9(7)8/h7-10H,2-6H2,1H3/t7-,8+,9+/m1/s1. The second-order valence-corrected chi connectivity index (χ2v) is 3.94. The fourth-order valence-corrected chi connectivity index (χ4v) is 2.65. The topological polar surface area (TPSA) is 12.0 Å².